The Hall–Kier alpha value is -0.880. The van der Waals surface area contributed by atoms with Gasteiger partial charge in [0.2, 0.25) is 0 Å². The van der Waals surface area contributed by atoms with Gasteiger partial charge in [-0.2, -0.15) is 5.26 Å². The average molecular weight is 262 g/mol. The highest BCUT2D eigenvalue weighted by Crippen LogP contribution is 2.39. The number of nitrogens with zero attached hydrogens (tertiary/aromatic N) is 2. The van der Waals surface area contributed by atoms with E-state index in [1.54, 1.807) is 11.3 Å². The van der Waals surface area contributed by atoms with Crippen LogP contribution in [0.25, 0.3) is 0 Å². The van der Waals surface area contributed by atoms with Crippen LogP contribution >= 0.6 is 11.3 Å². The summed E-state index contributed by atoms with van der Waals surface area (Å²) in [5.41, 5.74) is 1.14. The third-order valence-corrected chi connectivity index (χ3v) is 4.71. The highest BCUT2D eigenvalue weighted by Gasteiger charge is 2.33. The van der Waals surface area contributed by atoms with Gasteiger partial charge in [-0.15, -0.1) is 11.3 Å². The van der Waals surface area contributed by atoms with Crippen LogP contribution in [0.15, 0.2) is 5.38 Å². The molecule has 0 bridgehead atoms. The van der Waals surface area contributed by atoms with Crippen molar-refractivity contribution in [1.29, 1.82) is 5.26 Å². The van der Waals surface area contributed by atoms with Crippen molar-refractivity contribution in [1.82, 2.24) is 4.98 Å². The van der Waals surface area contributed by atoms with Gasteiger partial charge in [0.25, 0.3) is 0 Å². The Kier molecular flexibility index (Phi) is 3.77. The van der Waals surface area contributed by atoms with Crippen LogP contribution in [-0.2, 0) is 11.8 Å². The zero-order valence-electron chi connectivity index (χ0n) is 11.6. The predicted molar refractivity (Wildman–Crippen MR) is 75.6 cm³/mol. The SMILES string of the molecule is CC(C)(C)c1csc(CC2(C#N)CCCCC2)n1. The highest BCUT2D eigenvalue weighted by molar-refractivity contribution is 7.09. The Morgan fingerprint density at radius 2 is 2.00 bits per heavy atom. The molecule has 18 heavy (non-hydrogen) atoms. The van der Waals surface area contributed by atoms with Crippen molar-refractivity contribution >= 4 is 11.3 Å². The van der Waals surface area contributed by atoms with E-state index in [0.29, 0.717) is 0 Å². The van der Waals surface area contributed by atoms with Crippen molar-refractivity contribution < 1.29 is 0 Å². The van der Waals surface area contributed by atoms with Crippen molar-refractivity contribution in [3.63, 3.8) is 0 Å². The Bertz CT molecular complexity index is 442. The first-order chi connectivity index (χ1) is 8.45. The molecule has 0 spiro atoms. The number of thiazole rings is 1. The number of aromatic nitrogens is 1. The summed E-state index contributed by atoms with van der Waals surface area (Å²) in [5, 5.41) is 12.8. The zero-order valence-corrected chi connectivity index (χ0v) is 12.4. The van der Waals surface area contributed by atoms with E-state index in [1.165, 1.54) is 19.3 Å². The quantitative estimate of drug-likeness (QED) is 0.789. The lowest BCUT2D eigenvalue weighted by Crippen LogP contribution is -2.25. The number of hydrogen-bond donors (Lipinski definition) is 0. The summed E-state index contributed by atoms with van der Waals surface area (Å²) in [6.07, 6.45) is 6.64. The average Bonchev–Trinajstić information content (AvgIpc) is 2.78. The van der Waals surface area contributed by atoms with Crippen LogP contribution in [0, 0.1) is 16.7 Å². The van der Waals surface area contributed by atoms with E-state index in [0.717, 1.165) is 30.0 Å². The van der Waals surface area contributed by atoms with Crippen LogP contribution in [0.2, 0.25) is 0 Å². The first-order valence-corrected chi connectivity index (χ1v) is 7.69. The molecule has 0 atom stereocenters. The molecule has 0 radical (unpaired) electrons. The van der Waals surface area contributed by atoms with Gasteiger partial charge in [-0.1, -0.05) is 40.0 Å². The highest BCUT2D eigenvalue weighted by atomic mass is 32.1. The van der Waals surface area contributed by atoms with Crippen LogP contribution in [0.5, 0.6) is 0 Å². The third kappa shape index (κ3) is 2.92. The van der Waals surface area contributed by atoms with Gasteiger partial charge in [0.1, 0.15) is 0 Å². The van der Waals surface area contributed by atoms with Crippen LogP contribution in [0.3, 0.4) is 0 Å². The fraction of sp³-hybridized carbons (Fsp3) is 0.733. The van der Waals surface area contributed by atoms with Gasteiger partial charge in [0.05, 0.1) is 22.2 Å². The number of hydrogen-bond acceptors (Lipinski definition) is 3. The van der Waals surface area contributed by atoms with E-state index in [9.17, 15) is 5.26 Å². The molecule has 1 heterocycles. The molecule has 0 N–H and O–H groups in total. The summed E-state index contributed by atoms with van der Waals surface area (Å²) in [7, 11) is 0. The molecule has 0 unspecified atom stereocenters. The molecule has 98 valence electrons. The molecule has 0 saturated heterocycles. The summed E-state index contributed by atoms with van der Waals surface area (Å²) < 4.78 is 0. The van der Waals surface area contributed by atoms with Crippen molar-refractivity contribution in [2.45, 2.75) is 64.7 Å². The predicted octanol–water partition coefficient (Wildman–Crippen LogP) is 4.46. The first-order valence-electron chi connectivity index (χ1n) is 6.81. The van der Waals surface area contributed by atoms with Crippen LogP contribution in [0.1, 0.15) is 63.6 Å². The molecule has 1 aliphatic rings. The lowest BCUT2D eigenvalue weighted by molar-refractivity contribution is 0.265. The molecule has 1 aromatic heterocycles. The second-order valence-electron chi connectivity index (χ2n) is 6.51. The lowest BCUT2D eigenvalue weighted by Gasteiger charge is -2.29. The van der Waals surface area contributed by atoms with E-state index in [1.807, 2.05) is 0 Å². The molecule has 1 aliphatic carbocycles. The van der Waals surface area contributed by atoms with Crippen molar-refractivity contribution in [2.75, 3.05) is 0 Å². The molecule has 1 fully saturated rings. The van der Waals surface area contributed by atoms with Gasteiger partial charge in [0.15, 0.2) is 0 Å². The first kappa shape index (κ1) is 13.5. The standard InChI is InChI=1S/C15H22N2S/c1-14(2,3)12-10-18-13(17-12)9-15(11-16)7-5-4-6-8-15/h10H,4-9H2,1-3H3. The van der Waals surface area contributed by atoms with E-state index in [2.05, 4.69) is 32.2 Å². The smallest absolute Gasteiger partial charge is 0.0944 e. The van der Waals surface area contributed by atoms with E-state index >= 15 is 0 Å². The van der Waals surface area contributed by atoms with Gasteiger partial charge >= 0.3 is 0 Å². The summed E-state index contributed by atoms with van der Waals surface area (Å²) in [6.45, 7) is 6.56. The molecule has 2 nitrogen and oxygen atoms in total. The number of rotatable bonds is 2. The van der Waals surface area contributed by atoms with Crippen molar-refractivity contribution in [2.24, 2.45) is 5.41 Å². The Morgan fingerprint density at radius 3 is 2.50 bits per heavy atom. The van der Waals surface area contributed by atoms with Gasteiger partial charge in [-0.3, -0.25) is 0 Å². The molecule has 0 aromatic carbocycles. The maximum Gasteiger partial charge on any atom is 0.0944 e. The third-order valence-electron chi connectivity index (χ3n) is 3.86. The second-order valence-corrected chi connectivity index (χ2v) is 7.45. The van der Waals surface area contributed by atoms with Crippen LogP contribution in [0.4, 0.5) is 0 Å². The normalized spacial score (nSPS) is 19.4. The molecule has 3 heteroatoms. The van der Waals surface area contributed by atoms with Gasteiger partial charge in [-0.05, 0) is 12.8 Å². The molecule has 1 saturated carbocycles. The van der Waals surface area contributed by atoms with Crippen molar-refractivity contribution in [3.05, 3.63) is 16.1 Å². The molecule has 0 amide bonds. The molecule has 2 rings (SSSR count). The zero-order chi connectivity index (χ0) is 13.2. The summed E-state index contributed by atoms with van der Waals surface area (Å²) in [4.78, 5) is 4.74. The minimum Gasteiger partial charge on any atom is -0.246 e. The maximum absolute atomic E-state index is 9.50. The molecule has 1 aromatic rings. The number of nitriles is 1. The molecular weight excluding hydrogens is 240 g/mol. The lowest BCUT2D eigenvalue weighted by atomic mass is 9.73. The van der Waals surface area contributed by atoms with Gasteiger partial charge in [-0.25, -0.2) is 4.98 Å². The maximum atomic E-state index is 9.50. The monoisotopic (exact) mass is 262 g/mol. The Labute approximate surface area is 114 Å². The fourth-order valence-electron chi connectivity index (χ4n) is 2.58. The van der Waals surface area contributed by atoms with E-state index in [4.69, 9.17) is 4.98 Å². The van der Waals surface area contributed by atoms with Gasteiger partial charge < -0.3 is 0 Å². The Balaban J connectivity index is 2.13. The summed E-state index contributed by atoms with van der Waals surface area (Å²) in [5.74, 6) is 0. The van der Waals surface area contributed by atoms with Crippen molar-refractivity contribution in [3.8, 4) is 6.07 Å². The summed E-state index contributed by atoms with van der Waals surface area (Å²) in [6, 6.07) is 2.58. The molecule has 0 aliphatic heterocycles. The Morgan fingerprint density at radius 1 is 1.33 bits per heavy atom. The minimum atomic E-state index is -0.134. The molecular formula is C15H22N2S. The topological polar surface area (TPSA) is 36.7 Å². The van der Waals surface area contributed by atoms with E-state index < -0.39 is 0 Å². The summed E-state index contributed by atoms with van der Waals surface area (Å²) >= 11 is 1.72. The van der Waals surface area contributed by atoms with Crippen LogP contribution < -0.4 is 0 Å². The minimum absolute atomic E-state index is 0.112. The fourth-order valence-corrected chi connectivity index (χ4v) is 3.75. The van der Waals surface area contributed by atoms with Crippen LogP contribution in [-0.4, -0.2) is 4.98 Å². The second kappa shape index (κ2) is 5.01. The van der Waals surface area contributed by atoms with Gasteiger partial charge in [0, 0.05) is 17.2 Å². The largest absolute Gasteiger partial charge is 0.246 e. The van der Waals surface area contributed by atoms with E-state index in [-0.39, 0.29) is 10.8 Å².